The van der Waals surface area contributed by atoms with Gasteiger partial charge in [0.1, 0.15) is 17.4 Å². The number of imidazole rings is 2. The molecule has 7 aromatic rings. The van der Waals surface area contributed by atoms with Crippen molar-refractivity contribution in [2.75, 3.05) is 0 Å². The number of hydrogen-bond donors (Lipinski definition) is 1. The Labute approximate surface area is 273 Å². The molecular formula is C37H35N7O2Si. The van der Waals surface area contributed by atoms with E-state index in [0.717, 1.165) is 28.6 Å². The smallest absolute Gasteiger partial charge is 0.328 e. The summed E-state index contributed by atoms with van der Waals surface area (Å²) < 4.78 is 11.2. The van der Waals surface area contributed by atoms with Gasteiger partial charge >= 0.3 is 5.69 Å². The maximum Gasteiger partial charge on any atom is 0.328 e. The number of aromatic amines is 1. The van der Waals surface area contributed by atoms with Gasteiger partial charge in [-0.25, -0.2) is 14.8 Å². The minimum Gasteiger partial charge on any atom is -0.400 e. The highest BCUT2D eigenvalue weighted by Crippen LogP contribution is 2.46. The molecule has 0 spiro atoms. The summed E-state index contributed by atoms with van der Waals surface area (Å²) in [4.78, 5) is 34.8. The van der Waals surface area contributed by atoms with Crippen molar-refractivity contribution in [1.82, 2.24) is 34.1 Å². The van der Waals surface area contributed by atoms with E-state index in [1.807, 2.05) is 16.7 Å². The van der Waals surface area contributed by atoms with E-state index < -0.39 is 8.32 Å². The molecule has 9 nitrogen and oxygen atoms in total. The van der Waals surface area contributed by atoms with Gasteiger partial charge in [0, 0.05) is 6.20 Å². The third kappa shape index (κ3) is 4.74. The van der Waals surface area contributed by atoms with Crippen molar-refractivity contribution >= 4 is 40.9 Å². The van der Waals surface area contributed by atoms with E-state index in [4.69, 9.17) is 9.41 Å². The zero-order valence-electron chi connectivity index (χ0n) is 26.5. The van der Waals surface area contributed by atoms with Gasteiger partial charge in [-0.15, -0.1) is 0 Å². The summed E-state index contributed by atoms with van der Waals surface area (Å²) >= 11 is 0. The van der Waals surface area contributed by atoms with Crippen molar-refractivity contribution in [3.63, 3.8) is 0 Å². The molecule has 0 radical (unpaired) electrons. The van der Waals surface area contributed by atoms with Gasteiger partial charge in [0.05, 0.1) is 30.1 Å². The first-order valence-electron chi connectivity index (χ1n) is 16.0. The fourth-order valence-corrected chi connectivity index (χ4v) is 12.0. The van der Waals surface area contributed by atoms with E-state index in [1.54, 1.807) is 29.5 Å². The second kappa shape index (κ2) is 11.3. The Hall–Kier alpha value is -5.19. The molecule has 0 fully saturated rings. The second-order valence-corrected chi connectivity index (χ2v) is 17.4. The molecule has 10 heteroatoms. The van der Waals surface area contributed by atoms with Crippen molar-refractivity contribution in [1.29, 1.82) is 0 Å². The largest absolute Gasteiger partial charge is 0.400 e. The van der Waals surface area contributed by atoms with Crippen LogP contribution in [0.3, 0.4) is 0 Å². The van der Waals surface area contributed by atoms with Gasteiger partial charge < -0.3 is 9.41 Å². The topological polar surface area (TPSA) is 104 Å². The lowest BCUT2D eigenvalue weighted by Gasteiger charge is -2.46. The molecule has 1 N–H and O–H groups in total. The molecule has 0 aliphatic heterocycles. The average Bonchev–Trinajstić information content (AvgIpc) is 3.67. The fourth-order valence-electron chi connectivity index (χ4n) is 7.36. The van der Waals surface area contributed by atoms with Gasteiger partial charge in [0.15, 0.2) is 5.65 Å². The van der Waals surface area contributed by atoms with Gasteiger partial charge in [0.25, 0.3) is 8.32 Å². The molecule has 1 aliphatic rings. The third-order valence-corrected chi connectivity index (χ3v) is 14.5. The lowest BCUT2D eigenvalue weighted by atomic mass is 9.85. The number of nitrogens with one attached hydrogen (secondary N) is 1. The Kier molecular flexibility index (Phi) is 7.00. The first-order chi connectivity index (χ1) is 22.8. The molecule has 0 saturated heterocycles. The number of rotatable bonds is 6. The summed E-state index contributed by atoms with van der Waals surface area (Å²) in [7, 11) is -2.82. The molecule has 1 aliphatic carbocycles. The van der Waals surface area contributed by atoms with Gasteiger partial charge in [-0.1, -0.05) is 106 Å². The highest BCUT2D eigenvalue weighted by Gasteiger charge is 2.52. The van der Waals surface area contributed by atoms with Crippen LogP contribution in [0.15, 0.2) is 121 Å². The zero-order chi connectivity index (χ0) is 32.2. The maximum atomic E-state index is 13.7. The van der Waals surface area contributed by atoms with E-state index in [9.17, 15) is 4.79 Å². The van der Waals surface area contributed by atoms with Crippen LogP contribution >= 0.6 is 0 Å². The van der Waals surface area contributed by atoms with E-state index in [2.05, 4.69) is 120 Å². The third-order valence-electron chi connectivity index (χ3n) is 9.46. The molecule has 234 valence electrons. The molecule has 0 bridgehead atoms. The van der Waals surface area contributed by atoms with Crippen LogP contribution in [0.1, 0.15) is 56.9 Å². The molecule has 47 heavy (non-hydrogen) atoms. The van der Waals surface area contributed by atoms with Crippen molar-refractivity contribution in [3.05, 3.63) is 138 Å². The lowest BCUT2D eigenvalue weighted by Crippen LogP contribution is -2.67. The summed E-state index contributed by atoms with van der Waals surface area (Å²) in [6.07, 6.45) is 8.10. The Morgan fingerprint density at radius 1 is 0.830 bits per heavy atom. The quantitative estimate of drug-likeness (QED) is 0.230. The lowest BCUT2D eigenvalue weighted by molar-refractivity contribution is 0.160. The fraction of sp³-hybridized carbons (Fsp3) is 0.216. The van der Waals surface area contributed by atoms with Crippen LogP contribution in [0.2, 0.25) is 5.04 Å². The monoisotopic (exact) mass is 637 g/mol. The van der Waals surface area contributed by atoms with Gasteiger partial charge in [0.2, 0.25) is 5.95 Å². The minimum absolute atomic E-state index is 0.147. The Bertz CT molecular complexity index is 2230. The normalized spacial score (nSPS) is 16.8. The number of nitrogens with zero attached hydrogens (tertiary/aromatic N) is 6. The van der Waals surface area contributed by atoms with Crippen molar-refractivity contribution in [2.24, 2.45) is 0 Å². The molecule has 0 saturated carbocycles. The molecule has 0 amide bonds. The Balaban J connectivity index is 1.24. The van der Waals surface area contributed by atoms with Crippen molar-refractivity contribution in [2.45, 2.75) is 50.8 Å². The van der Waals surface area contributed by atoms with Crippen LogP contribution in [-0.4, -0.2) is 42.4 Å². The highest BCUT2D eigenvalue weighted by atomic mass is 28.4. The maximum absolute atomic E-state index is 13.7. The number of hydrogen-bond acceptors (Lipinski definition) is 6. The molecule has 0 unspecified atom stereocenters. The van der Waals surface area contributed by atoms with Crippen LogP contribution in [0.4, 0.5) is 0 Å². The predicted molar refractivity (Wildman–Crippen MR) is 186 cm³/mol. The van der Waals surface area contributed by atoms with Crippen molar-refractivity contribution < 1.29 is 4.43 Å². The highest BCUT2D eigenvalue weighted by molar-refractivity contribution is 6.99. The minimum atomic E-state index is -2.82. The van der Waals surface area contributed by atoms with Crippen LogP contribution in [0, 0.1) is 0 Å². The van der Waals surface area contributed by atoms with E-state index in [-0.39, 0.29) is 22.9 Å². The number of pyridine rings is 1. The molecule has 4 heterocycles. The molecule has 3 aromatic carbocycles. The zero-order valence-corrected chi connectivity index (χ0v) is 27.5. The van der Waals surface area contributed by atoms with E-state index in [0.29, 0.717) is 23.5 Å². The number of aromatic nitrogens is 7. The Morgan fingerprint density at radius 3 is 2.21 bits per heavy atom. The van der Waals surface area contributed by atoms with Gasteiger partial charge in [-0.3, -0.25) is 14.1 Å². The second-order valence-electron chi connectivity index (χ2n) is 13.2. The standard InChI is InChI=1S/C37H35N7O2Si/c1-37(2,3)47(25-12-6-4-7-13-25,26-14-8-5-9-15-26)46-33-19-18-31(27-16-10-11-17-28(27)33)44-34-30(41-36(44)45)23-39-35(42-34)43-24-40-29-22-38-21-20-32(29)43/h4-17,20-24,31,33H,18-19H2,1-3H3,(H,41,45)/t31-,33-/m1/s1. The first kappa shape index (κ1) is 29.2. The summed E-state index contributed by atoms with van der Waals surface area (Å²) in [5.41, 5.74) is 4.71. The van der Waals surface area contributed by atoms with Crippen LogP contribution in [0.25, 0.3) is 28.1 Å². The van der Waals surface area contributed by atoms with Crippen LogP contribution in [-0.2, 0) is 4.43 Å². The summed E-state index contributed by atoms with van der Waals surface area (Å²) in [5, 5.41) is 2.34. The first-order valence-corrected chi connectivity index (χ1v) is 17.9. The summed E-state index contributed by atoms with van der Waals surface area (Å²) in [6.45, 7) is 6.92. The average molecular weight is 638 g/mol. The van der Waals surface area contributed by atoms with E-state index in [1.165, 1.54) is 10.4 Å². The number of H-pyrrole nitrogens is 1. The van der Waals surface area contributed by atoms with E-state index >= 15 is 0 Å². The Morgan fingerprint density at radius 2 is 1.51 bits per heavy atom. The van der Waals surface area contributed by atoms with Crippen molar-refractivity contribution in [3.8, 4) is 5.95 Å². The SMILES string of the molecule is CC(C)(C)[Si](O[C@@H]1CC[C@@H](n2c(=O)[nH]c3cnc(-n4cnc5cnccc54)nc32)c2ccccc21)(c1ccccc1)c1ccccc1. The molecule has 8 rings (SSSR count). The molecule has 2 atom stereocenters. The predicted octanol–water partition coefficient (Wildman–Crippen LogP) is 5.85. The molecule has 4 aromatic heterocycles. The number of fused-ring (bicyclic) bond motifs is 3. The summed E-state index contributed by atoms with van der Waals surface area (Å²) in [5.74, 6) is 0.441. The number of benzene rings is 3. The molecular weight excluding hydrogens is 603 g/mol. The van der Waals surface area contributed by atoms with Gasteiger partial charge in [-0.2, -0.15) is 4.98 Å². The van der Waals surface area contributed by atoms with Crippen LogP contribution in [0.5, 0.6) is 0 Å². The summed E-state index contributed by atoms with van der Waals surface area (Å²) in [6, 6.07) is 31.6. The van der Waals surface area contributed by atoms with Gasteiger partial charge in [-0.05, 0) is 45.4 Å². The van der Waals surface area contributed by atoms with Crippen LogP contribution < -0.4 is 16.1 Å².